The Hall–Kier alpha value is -2.44. The molecule has 0 bridgehead atoms. The average molecular weight is 509 g/mol. The number of unbranched alkanes of at least 4 members (excludes halogenated alkanes) is 1. The third-order valence-electron chi connectivity index (χ3n) is 5.63. The molecular formula is C26H34Cl2N2O4. The SMILES string of the molecule is CCCCNC(=O)[C@@H](CC)N(Cc1ccc(Cl)c(Cl)c1)C(=O)CCc1ccc(OC)c(OC)c1. The monoisotopic (exact) mass is 508 g/mol. The van der Waals surface area contributed by atoms with Gasteiger partial charge in [-0.2, -0.15) is 0 Å². The first kappa shape index (κ1) is 27.8. The number of hydrogen-bond donors (Lipinski definition) is 1. The van der Waals surface area contributed by atoms with Crippen LogP contribution in [-0.4, -0.2) is 43.5 Å². The van der Waals surface area contributed by atoms with E-state index in [1.807, 2.05) is 31.2 Å². The van der Waals surface area contributed by atoms with Crippen LogP contribution >= 0.6 is 23.2 Å². The smallest absolute Gasteiger partial charge is 0.242 e. The highest BCUT2D eigenvalue weighted by Gasteiger charge is 2.28. The summed E-state index contributed by atoms with van der Waals surface area (Å²) in [5, 5.41) is 3.83. The van der Waals surface area contributed by atoms with Gasteiger partial charge in [0.2, 0.25) is 11.8 Å². The molecule has 0 aromatic heterocycles. The Balaban J connectivity index is 2.23. The van der Waals surface area contributed by atoms with Crippen molar-refractivity contribution in [3.8, 4) is 11.5 Å². The molecule has 0 saturated heterocycles. The number of methoxy groups -OCH3 is 2. The van der Waals surface area contributed by atoms with Crippen LogP contribution in [0.4, 0.5) is 0 Å². The first-order chi connectivity index (χ1) is 16.3. The van der Waals surface area contributed by atoms with Crippen molar-refractivity contribution in [2.45, 2.75) is 58.5 Å². The summed E-state index contributed by atoms with van der Waals surface area (Å²) in [6.07, 6.45) is 3.12. The second-order valence-electron chi connectivity index (χ2n) is 8.03. The molecule has 0 unspecified atom stereocenters. The molecule has 0 spiro atoms. The largest absolute Gasteiger partial charge is 0.493 e. The second kappa shape index (κ2) is 14.1. The van der Waals surface area contributed by atoms with Crippen molar-refractivity contribution in [1.29, 1.82) is 0 Å². The Bertz CT molecular complexity index is 968. The van der Waals surface area contributed by atoms with Crippen molar-refractivity contribution >= 4 is 35.0 Å². The fraction of sp³-hybridized carbons (Fsp3) is 0.462. The van der Waals surface area contributed by atoms with Gasteiger partial charge in [0.1, 0.15) is 6.04 Å². The molecule has 0 heterocycles. The van der Waals surface area contributed by atoms with Gasteiger partial charge < -0.3 is 19.7 Å². The minimum Gasteiger partial charge on any atom is -0.493 e. The van der Waals surface area contributed by atoms with E-state index in [-0.39, 0.29) is 24.8 Å². The van der Waals surface area contributed by atoms with Gasteiger partial charge in [-0.05, 0) is 54.7 Å². The molecule has 0 fully saturated rings. The maximum absolute atomic E-state index is 13.4. The summed E-state index contributed by atoms with van der Waals surface area (Å²) < 4.78 is 10.7. The zero-order valence-corrected chi connectivity index (χ0v) is 21.8. The van der Waals surface area contributed by atoms with Crippen molar-refractivity contribution in [2.75, 3.05) is 20.8 Å². The fourth-order valence-electron chi connectivity index (χ4n) is 3.69. The first-order valence-corrected chi connectivity index (χ1v) is 12.3. The van der Waals surface area contributed by atoms with Crippen LogP contribution in [0.3, 0.4) is 0 Å². The summed E-state index contributed by atoms with van der Waals surface area (Å²) in [4.78, 5) is 28.0. The lowest BCUT2D eigenvalue weighted by Gasteiger charge is -2.31. The van der Waals surface area contributed by atoms with Crippen molar-refractivity contribution in [3.05, 3.63) is 57.6 Å². The normalized spacial score (nSPS) is 11.6. The Morgan fingerprint density at radius 2 is 1.68 bits per heavy atom. The van der Waals surface area contributed by atoms with Crippen LogP contribution in [-0.2, 0) is 22.6 Å². The first-order valence-electron chi connectivity index (χ1n) is 11.6. The van der Waals surface area contributed by atoms with Gasteiger partial charge in [0.15, 0.2) is 11.5 Å². The van der Waals surface area contributed by atoms with Crippen LogP contribution in [0.25, 0.3) is 0 Å². The van der Waals surface area contributed by atoms with E-state index in [9.17, 15) is 9.59 Å². The lowest BCUT2D eigenvalue weighted by atomic mass is 10.1. The van der Waals surface area contributed by atoms with Crippen LogP contribution in [0.2, 0.25) is 10.0 Å². The molecule has 1 N–H and O–H groups in total. The van der Waals surface area contributed by atoms with E-state index in [2.05, 4.69) is 12.2 Å². The predicted octanol–water partition coefficient (Wildman–Crippen LogP) is 5.67. The van der Waals surface area contributed by atoms with E-state index in [1.54, 1.807) is 31.3 Å². The highest BCUT2D eigenvalue weighted by atomic mass is 35.5. The van der Waals surface area contributed by atoms with Gasteiger partial charge in [-0.15, -0.1) is 0 Å². The summed E-state index contributed by atoms with van der Waals surface area (Å²) in [5.74, 6) is 0.990. The molecule has 2 amide bonds. The van der Waals surface area contributed by atoms with Crippen molar-refractivity contribution in [3.63, 3.8) is 0 Å². The third kappa shape index (κ3) is 7.81. The number of benzene rings is 2. The van der Waals surface area contributed by atoms with E-state index < -0.39 is 6.04 Å². The van der Waals surface area contributed by atoms with E-state index >= 15 is 0 Å². The van der Waals surface area contributed by atoms with Crippen LogP contribution in [0.1, 0.15) is 50.7 Å². The fourth-order valence-corrected chi connectivity index (χ4v) is 4.01. The lowest BCUT2D eigenvalue weighted by Crippen LogP contribution is -2.49. The molecule has 2 rings (SSSR count). The van der Waals surface area contributed by atoms with Gasteiger partial charge in [0.25, 0.3) is 0 Å². The quantitative estimate of drug-likeness (QED) is 0.354. The van der Waals surface area contributed by atoms with Crippen LogP contribution in [0, 0.1) is 0 Å². The summed E-state index contributed by atoms with van der Waals surface area (Å²) in [5.41, 5.74) is 1.76. The van der Waals surface area contributed by atoms with Crippen LogP contribution in [0.15, 0.2) is 36.4 Å². The molecular weight excluding hydrogens is 475 g/mol. The molecule has 0 saturated carbocycles. The number of ether oxygens (including phenoxy) is 2. The molecule has 34 heavy (non-hydrogen) atoms. The van der Waals surface area contributed by atoms with Gasteiger partial charge in [0.05, 0.1) is 24.3 Å². The minimum absolute atomic E-state index is 0.113. The van der Waals surface area contributed by atoms with E-state index in [4.69, 9.17) is 32.7 Å². The lowest BCUT2D eigenvalue weighted by molar-refractivity contribution is -0.141. The number of carbonyl (C=O) groups excluding carboxylic acids is 2. The summed E-state index contributed by atoms with van der Waals surface area (Å²) in [6.45, 7) is 4.83. The molecule has 8 heteroatoms. The van der Waals surface area contributed by atoms with Gasteiger partial charge in [-0.1, -0.05) is 55.6 Å². The van der Waals surface area contributed by atoms with E-state index in [1.165, 1.54) is 0 Å². The molecule has 0 aliphatic heterocycles. The van der Waals surface area contributed by atoms with Gasteiger partial charge >= 0.3 is 0 Å². The Morgan fingerprint density at radius 1 is 0.971 bits per heavy atom. The number of nitrogens with zero attached hydrogens (tertiary/aromatic N) is 1. The number of amides is 2. The molecule has 2 aromatic rings. The molecule has 0 aliphatic carbocycles. The standard InChI is InChI=1S/C26H34Cl2N2O4/c1-5-7-14-29-26(32)22(6-2)30(17-19-8-11-20(27)21(28)15-19)25(31)13-10-18-9-12-23(33-3)24(16-18)34-4/h8-9,11-12,15-16,22H,5-7,10,13-14,17H2,1-4H3,(H,29,32)/t22-/m1/s1. The van der Waals surface area contributed by atoms with Crippen LogP contribution < -0.4 is 14.8 Å². The van der Waals surface area contributed by atoms with Crippen molar-refractivity contribution in [2.24, 2.45) is 0 Å². The van der Waals surface area contributed by atoms with Gasteiger partial charge in [0, 0.05) is 19.5 Å². The topological polar surface area (TPSA) is 67.9 Å². The third-order valence-corrected chi connectivity index (χ3v) is 6.37. The Kier molecular flexibility index (Phi) is 11.5. The zero-order valence-electron chi connectivity index (χ0n) is 20.3. The maximum Gasteiger partial charge on any atom is 0.242 e. The molecule has 186 valence electrons. The van der Waals surface area contributed by atoms with Gasteiger partial charge in [-0.25, -0.2) is 0 Å². The highest BCUT2D eigenvalue weighted by molar-refractivity contribution is 6.42. The summed E-state index contributed by atoms with van der Waals surface area (Å²) >= 11 is 12.3. The second-order valence-corrected chi connectivity index (χ2v) is 8.84. The number of halogens is 2. The Morgan fingerprint density at radius 3 is 2.29 bits per heavy atom. The minimum atomic E-state index is -0.579. The molecule has 6 nitrogen and oxygen atoms in total. The Labute approximate surface area is 212 Å². The number of rotatable bonds is 13. The maximum atomic E-state index is 13.4. The molecule has 2 aromatic carbocycles. The molecule has 0 aliphatic rings. The summed E-state index contributed by atoms with van der Waals surface area (Å²) in [6, 6.07) is 10.3. The zero-order chi connectivity index (χ0) is 25.1. The molecule has 1 atom stereocenters. The van der Waals surface area contributed by atoms with E-state index in [0.29, 0.717) is 40.9 Å². The highest BCUT2D eigenvalue weighted by Crippen LogP contribution is 2.28. The van der Waals surface area contributed by atoms with Crippen LogP contribution in [0.5, 0.6) is 11.5 Å². The number of carbonyl (C=O) groups is 2. The van der Waals surface area contributed by atoms with Crippen molar-refractivity contribution in [1.82, 2.24) is 10.2 Å². The molecule has 0 radical (unpaired) electrons. The average Bonchev–Trinajstić information content (AvgIpc) is 2.84. The predicted molar refractivity (Wildman–Crippen MR) is 137 cm³/mol. The number of aryl methyl sites for hydroxylation is 1. The van der Waals surface area contributed by atoms with E-state index in [0.717, 1.165) is 24.0 Å². The van der Waals surface area contributed by atoms with Crippen molar-refractivity contribution < 1.29 is 19.1 Å². The summed E-state index contributed by atoms with van der Waals surface area (Å²) in [7, 11) is 3.16. The number of hydrogen-bond acceptors (Lipinski definition) is 4. The number of nitrogens with one attached hydrogen (secondary N) is 1. The van der Waals surface area contributed by atoms with Gasteiger partial charge in [-0.3, -0.25) is 9.59 Å².